The molecular weight excluding hydrogens is 518 g/mol. The molecular formula is C42H29N. The summed E-state index contributed by atoms with van der Waals surface area (Å²) in [6, 6.07) is 63.4. The normalized spacial score (nSPS) is 11.3. The van der Waals surface area contributed by atoms with Gasteiger partial charge in [0.2, 0.25) is 0 Å². The molecule has 0 N–H and O–H groups in total. The standard InChI is InChI=1S/C42H29N/c1-4-10-30(11-5-1)33-16-18-34(19-17-33)35-20-24-38(25-21-35)43-41-26-22-36(31-12-6-2-7-13-31)28-39(41)40-29-37(23-27-42(40)43)32-14-8-3-9-15-32/h1-29H. The number of benzene rings is 7. The van der Waals surface area contributed by atoms with Gasteiger partial charge >= 0.3 is 0 Å². The van der Waals surface area contributed by atoms with Crippen LogP contribution in [0.4, 0.5) is 0 Å². The molecule has 1 heteroatoms. The van der Waals surface area contributed by atoms with Crippen molar-refractivity contribution in [3.05, 3.63) is 176 Å². The first-order chi connectivity index (χ1) is 21.3. The van der Waals surface area contributed by atoms with Crippen molar-refractivity contribution in [1.82, 2.24) is 4.57 Å². The van der Waals surface area contributed by atoms with Crippen molar-refractivity contribution in [1.29, 1.82) is 0 Å². The van der Waals surface area contributed by atoms with Gasteiger partial charge in [0.05, 0.1) is 11.0 Å². The Morgan fingerprint density at radius 2 is 0.558 bits per heavy atom. The molecule has 0 saturated carbocycles. The van der Waals surface area contributed by atoms with E-state index in [-0.39, 0.29) is 0 Å². The summed E-state index contributed by atoms with van der Waals surface area (Å²) in [5.41, 5.74) is 13.4. The molecule has 1 nitrogen and oxygen atoms in total. The second-order valence-corrected chi connectivity index (χ2v) is 11.0. The first kappa shape index (κ1) is 25.1. The highest BCUT2D eigenvalue weighted by Gasteiger charge is 2.15. The van der Waals surface area contributed by atoms with Crippen molar-refractivity contribution >= 4 is 21.8 Å². The monoisotopic (exact) mass is 547 g/mol. The van der Waals surface area contributed by atoms with E-state index in [1.165, 1.54) is 66.3 Å². The molecule has 0 radical (unpaired) electrons. The van der Waals surface area contributed by atoms with Crippen molar-refractivity contribution < 1.29 is 0 Å². The average molecular weight is 548 g/mol. The van der Waals surface area contributed by atoms with Crippen LogP contribution in [0.2, 0.25) is 0 Å². The van der Waals surface area contributed by atoms with Crippen LogP contribution in [0, 0.1) is 0 Å². The van der Waals surface area contributed by atoms with E-state index in [0.717, 1.165) is 5.69 Å². The third kappa shape index (κ3) is 4.62. The van der Waals surface area contributed by atoms with Gasteiger partial charge in [-0.2, -0.15) is 0 Å². The van der Waals surface area contributed by atoms with Gasteiger partial charge in [-0.15, -0.1) is 0 Å². The van der Waals surface area contributed by atoms with Gasteiger partial charge in [0, 0.05) is 16.5 Å². The molecule has 7 aromatic carbocycles. The third-order valence-corrected chi connectivity index (χ3v) is 8.43. The van der Waals surface area contributed by atoms with Crippen LogP contribution in [-0.4, -0.2) is 4.57 Å². The number of fused-ring (bicyclic) bond motifs is 3. The second-order valence-electron chi connectivity index (χ2n) is 11.0. The minimum atomic E-state index is 1.16. The molecule has 0 amide bonds. The van der Waals surface area contributed by atoms with Crippen molar-refractivity contribution in [2.75, 3.05) is 0 Å². The molecule has 0 atom stereocenters. The summed E-state index contributed by atoms with van der Waals surface area (Å²) >= 11 is 0. The van der Waals surface area contributed by atoms with E-state index in [1.807, 2.05) is 0 Å². The maximum Gasteiger partial charge on any atom is 0.0541 e. The van der Waals surface area contributed by atoms with Gasteiger partial charge in [0.15, 0.2) is 0 Å². The van der Waals surface area contributed by atoms with E-state index in [2.05, 4.69) is 180 Å². The van der Waals surface area contributed by atoms with Crippen molar-refractivity contribution in [2.24, 2.45) is 0 Å². The van der Waals surface area contributed by atoms with E-state index in [9.17, 15) is 0 Å². The van der Waals surface area contributed by atoms with Gasteiger partial charge in [-0.25, -0.2) is 0 Å². The molecule has 0 spiro atoms. The summed E-state index contributed by atoms with van der Waals surface area (Å²) in [6.45, 7) is 0. The van der Waals surface area contributed by atoms with E-state index in [4.69, 9.17) is 0 Å². The van der Waals surface area contributed by atoms with Gasteiger partial charge < -0.3 is 4.57 Å². The molecule has 1 heterocycles. The van der Waals surface area contributed by atoms with E-state index < -0.39 is 0 Å². The predicted octanol–water partition coefficient (Wildman–Crippen LogP) is 11.5. The summed E-state index contributed by atoms with van der Waals surface area (Å²) < 4.78 is 2.40. The fourth-order valence-electron chi connectivity index (χ4n) is 6.21. The van der Waals surface area contributed by atoms with Crippen LogP contribution >= 0.6 is 0 Å². The smallest absolute Gasteiger partial charge is 0.0541 e. The highest BCUT2D eigenvalue weighted by molar-refractivity contribution is 6.11. The Morgan fingerprint density at radius 3 is 0.953 bits per heavy atom. The number of nitrogens with zero attached hydrogens (tertiary/aromatic N) is 1. The Balaban J connectivity index is 1.24. The van der Waals surface area contributed by atoms with Gasteiger partial charge in [-0.1, -0.05) is 140 Å². The molecule has 0 fully saturated rings. The van der Waals surface area contributed by atoms with Crippen LogP contribution in [0.25, 0.3) is 72.0 Å². The van der Waals surface area contributed by atoms with Crippen molar-refractivity contribution in [2.45, 2.75) is 0 Å². The van der Waals surface area contributed by atoms with Crippen LogP contribution in [0.3, 0.4) is 0 Å². The Labute approximate surface area is 251 Å². The molecule has 43 heavy (non-hydrogen) atoms. The molecule has 0 aliphatic heterocycles. The fourth-order valence-corrected chi connectivity index (χ4v) is 6.21. The minimum absolute atomic E-state index is 1.16. The minimum Gasteiger partial charge on any atom is -0.309 e. The maximum atomic E-state index is 2.40. The molecule has 1 aromatic heterocycles. The largest absolute Gasteiger partial charge is 0.309 e. The Hall–Kier alpha value is -5.66. The Morgan fingerprint density at radius 1 is 0.256 bits per heavy atom. The molecule has 8 aromatic rings. The molecule has 0 aliphatic carbocycles. The fraction of sp³-hybridized carbons (Fsp3) is 0. The molecule has 0 aliphatic rings. The molecule has 8 rings (SSSR count). The van der Waals surface area contributed by atoms with Crippen molar-refractivity contribution in [3.63, 3.8) is 0 Å². The van der Waals surface area contributed by atoms with Crippen LogP contribution in [0.15, 0.2) is 176 Å². The number of hydrogen-bond donors (Lipinski definition) is 0. The summed E-state index contributed by atoms with van der Waals surface area (Å²) in [4.78, 5) is 0. The highest BCUT2D eigenvalue weighted by Crippen LogP contribution is 2.37. The SMILES string of the molecule is c1ccc(-c2ccc(-c3ccc(-n4c5ccc(-c6ccccc6)cc5c5cc(-c6ccccc6)ccc54)cc3)cc2)cc1. The maximum absolute atomic E-state index is 2.40. The quantitative estimate of drug-likeness (QED) is 0.202. The lowest BCUT2D eigenvalue weighted by Crippen LogP contribution is -1.94. The number of hydrogen-bond acceptors (Lipinski definition) is 0. The predicted molar refractivity (Wildman–Crippen MR) is 183 cm³/mol. The summed E-state index contributed by atoms with van der Waals surface area (Å²) in [5, 5.41) is 2.52. The van der Waals surface area contributed by atoms with Gasteiger partial charge in [-0.3, -0.25) is 0 Å². The first-order valence-electron chi connectivity index (χ1n) is 14.8. The zero-order chi connectivity index (χ0) is 28.6. The molecule has 0 unspecified atom stereocenters. The summed E-state index contributed by atoms with van der Waals surface area (Å²) in [6.07, 6.45) is 0. The van der Waals surface area contributed by atoms with Gasteiger partial charge in [0.25, 0.3) is 0 Å². The summed E-state index contributed by atoms with van der Waals surface area (Å²) in [7, 11) is 0. The van der Waals surface area contributed by atoms with Crippen LogP contribution in [0.5, 0.6) is 0 Å². The van der Waals surface area contributed by atoms with Gasteiger partial charge in [-0.05, 0) is 80.9 Å². The zero-order valence-corrected chi connectivity index (χ0v) is 23.7. The number of rotatable bonds is 5. The molecule has 0 bridgehead atoms. The van der Waals surface area contributed by atoms with Crippen LogP contribution in [0.1, 0.15) is 0 Å². The first-order valence-corrected chi connectivity index (χ1v) is 14.8. The molecule has 202 valence electrons. The lowest BCUT2D eigenvalue weighted by atomic mass is 10.0. The van der Waals surface area contributed by atoms with E-state index in [1.54, 1.807) is 0 Å². The van der Waals surface area contributed by atoms with Crippen molar-refractivity contribution in [3.8, 4) is 50.2 Å². The Kier molecular flexibility index (Phi) is 6.20. The lowest BCUT2D eigenvalue weighted by Gasteiger charge is -2.11. The highest BCUT2D eigenvalue weighted by atomic mass is 15.0. The third-order valence-electron chi connectivity index (χ3n) is 8.43. The van der Waals surface area contributed by atoms with Crippen LogP contribution < -0.4 is 0 Å². The topological polar surface area (TPSA) is 4.93 Å². The summed E-state index contributed by atoms with van der Waals surface area (Å²) in [5.74, 6) is 0. The van der Waals surface area contributed by atoms with Gasteiger partial charge in [0.1, 0.15) is 0 Å². The second kappa shape index (κ2) is 10.6. The lowest BCUT2D eigenvalue weighted by molar-refractivity contribution is 1.18. The average Bonchev–Trinajstić information content (AvgIpc) is 3.42. The van der Waals surface area contributed by atoms with E-state index in [0.29, 0.717) is 0 Å². The zero-order valence-electron chi connectivity index (χ0n) is 23.7. The Bertz CT molecular complexity index is 2080. The molecule has 0 saturated heterocycles. The number of aromatic nitrogens is 1. The van der Waals surface area contributed by atoms with E-state index >= 15 is 0 Å². The van der Waals surface area contributed by atoms with Crippen LogP contribution in [-0.2, 0) is 0 Å².